The Morgan fingerprint density at radius 3 is 2.76 bits per heavy atom. The second kappa shape index (κ2) is 6.47. The van der Waals surface area contributed by atoms with Crippen LogP contribution in [-0.4, -0.2) is 62.7 Å². The molecule has 2 aliphatic rings. The van der Waals surface area contributed by atoms with Crippen LogP contribution in [0.2, 0.25) is 0 Å². The third-order valence-electron chi connectivity index (χ3n) is 5.48. The van der Waals surface area contributed by atoms with Crippen molar-refractivity contribution in [3.63, 3.8) is 0 Å². The van der Waals surface area contributed by atoms with Crippen LogP contribution in [0.3, 0.4) is 0 Å². The summed E-state index contributed by atoms with van der Waals surface area (Å²) in [6.07, 6.45) is 3.81. The molecule has 0 bridgehead atoms. The van der Waals surface area contributed by atoms with Crippen LogP contribution in [0.1, 0.15) is 29.9 Å². The van der Waals surface area contributed by atoms with Crippen molar-refractivity contribution in [1.29, 1.82) is 0 Å². The molecule has 3 atom stereocenters. The predicted octanol–water partition coefficient (Wildman–Crippen LogP) is 1.94. The Labute approximate surface area is 129 Å². The van der Waals surface area contributed by atoms with E-state index in [-0.39, 0.29) is 0 Å². The van der Waals surface area contributed by atoms with Crippen molar-refractivity contribution in [1.82, 2.24) is 15.1 Å². The Morgan fingerprint density at radius 1 is 1.19 bits per heavy atom. The molecule has 116 valence electrons. The number of piperazine rings is 1. The SMILES string of the molecule is CNC(CC1Cc2ccccc21)CC1CN(C)CCN1C. The first-order valence-electron chi connectivity index (χ1n) is 8.31. The van der Waals surface area contributed by atoms with Gasteiger partial charge in [-0.15, -0.1) is 0 Å². The normalized spacial score (nSPS) is 28.0. The van der Waals surface area contributed by atoms with Crippen LogP contribution < -0.4 is 5.32 Å². The van der Waals surface area contributed by atoms with Gasteiger partial charge in [0.25, 0.3) is 0 Å². The van der Waals surface area contributed by atoms with E-state index in [0.29, 0.717) is 12.1 Å². The van der Waals surface area contributed by atoms with E-state index in [0.717, 1.165) is 5.92 Å². The molecule has 1 aliphatic carbocycles. The van der Waals surface area contributed by atoms with Crippen LogP contribution in [0.5, 0.6) is 0 Å². The van der Waals surface area contributed by atoms with Crippen molar-refractivity contribution in [2.24, 2.45) is 0 Å². The summed E-state index contributed by atoms with van der Waals surface area (Å²) in [4.78, 5) is 5.01. The highest BCUT2D eigenvalue weighted by molar-refractivity contribution is 5.39. The van der Waals surface area contributed by atoms with Crippen molar-refractivity contribution in [2.75, 3.05) is 40.8 Å². The van der Waals surface area contributed by atoms with Crippen molar-refractivity contribution >= 4 is 0 Å². The molecule has 3 rings (SSSR count). The molecule has 1 saturated heterocycles. The molecular formula is C18H29N3. The number of likely N-dealkylation sites (N-methyl/N-ethyl adjacent to an activating group) is 2. The Kier molecular flexibility index (Phi) is 4.63. The van der Waals surface area contributed by atoms with Crippen LogP contribution in [0.25, 0.3) is 0 Å². The first-order valence-corrected chi connectivity index (χ1v) is 8.31. The molecule has 1 aromatic carbocycles. The maximum absolute atomic E-state index is 3.57. The molecule has 1 fully saturated rings. The van der Waals surface area contributed by atoms with E-state index in [1.807, 2.05) is 0 Å². The van der Waals surface area contributed by atoms with Gasteiger partial charge in [0.15, 0.2) is 0 Å². The lowest BCUT2D eigenvalue weighted by atomic mass is 9.74. The first-order chi connectivity index (χ1) is 10.2. The molecule has 0 radical (unpaired) electrons. The van der Waals surface area contributed by atoms with Crippen LogP contribution in [0.15, 0.2) is 24.3 Å². The largest absolute Gasteiger partial charge is 0.317 e. The molecule has 1 heterocycles. The highest BCUT2D eigenvalue weighted by Crippen LogP contribution is 2.38. The van der Waals surface area contributed by atoms with Crippen molar-refractivity contribution < 1.29 is 0 Å². The summed E-state index contributed by atoms with van der Waals surface area (Å²) in [5, 5.41) is 3.57. The Balaban J connectivity index is 1.56. The molecule has 1 aromatic rings. The quantitative estimate of drug-likeness (QED) is 0.893. The van der Waals surface area contributed by atoms with Gasteiger partial charge in [-0.3, -0.25) is 0 Å². The number of hydrogen-bond acceptors (Lipinski definition) is 3. The number of fused-ring (bicyclic) bond motifs is 1. The molecule has 3 unspecified atom stereocenters. The van der Waals surface area contributed by atoms with Crippen LogP contribution in [0.4, 0.5) is 0 Å². The molecule has 0 saturated carbocycles. The predicted molar refractivity (Wildman–Crippen MR) is 88.9 cm³/mol. The summed E-state index contributed by atoms with van der Waals surface area (Å²) in [7, 11) is 6.65. The van der Waals surface area contributed by atoms with E-state index in [2.05, 4.69) is 60.5 Å². The van der Waals surface area contributed by atoms with E-state index in [4.69, 9.17) is 0 Å². The highest BCUT2D eigenvalue weighted by atomic mass is 15.3. The number of rotatable bonds is 5. The van der Waals surface area contributed by atoms with Gasteiger partial charge in [-0.2, -0.15) is 0 Å². The zero-order valence-electron chi connectivity index (χ0n) is 13.7. The minimum atomic E-state index is 0.627. The fraction of sp³-hybridized carbons (Fsp3) is 0.667. The monoisotopic (exact) mass is 287 g/mol. The van der Waals surface area contributed by atoms with Gasteiger partial charge >= 0.3 is 0 Å². The van der Waals surface area contributed by atoms with Crippen molar-refractivity contribution in [3.05, 3.63) is 35.4 Å². The second-order valence-electron chi connectivity index (χ2n) is 6.95. The zero-order valence-corrected chi connectivity index (χ0v) is 13.7. The van der Waals surface area contributed by atoms with Gasteiger partial charge in [0.2, 0.25) is 0 Å². The number of nitrogens with zero attached hydrogens (tertiary/aromatic N) is 2. The molecule has 3 nitrogen and oxygen atoms in total. The first kappa shape index (κ1) is 15.0. The standard InChI is InChI=1S/C18H29N3/c1-19-16(12-17-13-20(2)8-9-21(17)3)11-15-10-14-6-4-5-7-18(14)15/h4-7,15-17,19H,8-13H2,1-3H3. The summed E-state index contributed by atoms with van der Waals surface area (Å²) >= 11 is 0. The number of hydrogen-bond donors (Lipinski definition) is 1. The molecule has 0 spiro atoms. The Morgan fingerprint density at radius 2 is 2.00 bits per heavy atom. The van der Waals surface area contributed by atoms with Crippen LogP contribution >= 0.6 is 0 Å². The third kappa shape index (κ3) is 3.31. The van der Waals surface area contributed by atoms with E-state index >= 15 is 0 Å². The second-order valence-corrected chi connectivity index (χ2v) is 6.95. The molecular weight excluding hydrogens is 258 g/mol. The van der Waals surface area contributed by atoms with Crippen LogP contribution in [0, 0.1) is 0 Å². The van der Waals surface area contributed by atoms with Gasteiger partial charge in [0.05, 0.1) is 0 Å². The molecule has 3 heteroatoms. The summed E-state index contributed by atoms with van der Waals surface area (Å²) in [6.45, 7) is 3.60. The van der Waals surface area contributed by atoms with Gasteiger partial charge < -0.3 is 15.1 Å². The number of benzene rings is 1. The van der Waals surface area contributed by atoms with Crippen LogP contribution in [-0.2, 0) is 6.42 Å². The van der Waals surface area contributed by atoms with Crippen molar-refractivity contribution in [3.8, 4) is 0 Å². The fourth-order valence-corrected chi connectivity index (χ4v) is 3.93. The average Bonchev–Trinajstić information content (AvgIpc) is 2.47. The maximum Gasteiger partial charge on any atom is 0.0235 e. The molecule has 21 heavy (non-hydrogen) atoms. The van der Waals surface area contributed by atoms with E-state index in [1.54, 1.807) is 11.1 Å². The van der Waals surface area contributed by atoms with Gasteiger partial charge in [0, 0.05) is 31.7 Å². The summed E-state index contributed by atoms with van der Waals surface area (Å²) in [5.74, 6) is 0.769. The van der Waals surface area contributed by atoms with Gasteiger partial charge in [-0.05, 0) is 57.5 Å². The summed E-state index contributed by atoms with van der Waals surface area (Å²) in [5.41, 5.74) is 3.15. The van der Waals surface area contributed by atoms with E-state index in [9.17, 15) is 0 Å². The zero-order chi connectivity index (χ0) is 14.8. The molecule has 1 N–H and O–H groups in total. The van der Waals surface area contributed by atoms with Gasteiger partial charge in [0.1, 0.15) is 0 Å². The highest BCUT2D eigenvalue weighted by Gasteiger charge is 2.30. The minimum absolute atomic E-state index is 0.627. The maximum atomic E-state index is 3.57. The molecule has 0 aromatic heterocycles. The fourth-order valence-electron chi connectivity index (χ4n) is 3.93. The smallest absolute Gasteiger partial charge is 0.0235 e. The average molecular weight is 287 g/mol. The van der Waals surface area contributed by atoms with Crippen molar-refractivity contribution in [2.45, 2.75) is 37.3 Å². The minimum Gasteiger partial charge on any atom is -0.317 e. The van der Waals surface area contributed by atoms with E-state index in [1.165, 1.54) is 38.9 Å². The lowest BCUT2D eigenvalue weighted by Gasteiger charge is -2.40. The lowest BCUT2D eigenvalue weighted by Crippen LogP contribution is -2.52. The third-order valence-corrected chi connectivity index (χ3v) is 5.48. The lowest BCUT2D eigenvalue weighted by molar-refractivity contribution is 0.0998. The van der Waals surface area contributed by atoms with Gasteiger partial charge in [-0.1, -0.05) is 24.3 Å². The molecule has 1 aliphatic heterocycles. The molecule has 0 amide bonds. The topological polar surface area (TPSA) is 18.5 Å². The summed E-state index contributed by atoms with van der Waals surface area (Å²) < 4.78 is 0. The Hall–Kier alpha value is -0.900. The van der Waals surface area contributed by atoms with E-state index < -0.39 is 0 Å². The Bertz CT molecular complexity index is 473. The summed E-state index contributed by atoms with van der Waals surface area (Å²) in [6, 6.07) is 10.3. The number of nitrogens with one attached hydrogen (secondary N) is 1. The van der Waals surface area contributed by atoms with Gasteiger partial charge in [-0.25, -0.2) is 0 Å².